The molecule has 2 heterocycles. The van der Waals surface area contributed by atoms with Crippen molar-refractivity contribution < 1.29 is 9.47 Å². The first kappa shape index (κ1) is 26.5. The summed E-state index contributed by atoms with van der Waals surface area (Å²) in [5, 5.41) is 3.53. The molecule has 2 aliphatic heterocycles. The largest absolute Gasteiger partial charge is 0.492 e. The van der Waals surface area contributed by atoms with Gasteiger partial charge in [-0.1, -0.05) is 12.1 Å². The molecule has 2 aliphatic rings. The Balaban J connectivity index is 0.00000341. The molecule has 0 unspecified atom stereocenters. The van der Waals surface area contributed by atoms with Crippen LogP contribution in [0, 0.1) is 0 Å². The Hall–Kier alpha value is -0.710. The third kappa shape index (κ3) is 8.63. The van der Waals surface area contributed by atoms with Crippen molar-refractivity contribution in [1.82, 2.24) is 15.1 Å². The highest BCUT2D eigenvalue weighted by Gasteiger charge is 2.28. The van der Waals surface area contributed by atoms with Gasteiger partial charge in [0.25, 0.3) is 0 Å². The number of nitrogens with zero attached hydrogens (tertiary/aromatic N) is 3. The molecule has 31 heavy (non-hydrogen) atoms. The predicted molar refractivity (Wildman–Crippen MR) is 142 cm³/mol. The highest BCUT2D eigenvalue weighted by atomic mass is 127. The maximum atomic E-state index is 6.04. The average molecular weight is 563 g/mol. The zero-order valence-electron chi connectivity index (χ0n) is 19.4. The van der Waals surface area contributed by atoms with Crippen LogP contribution >= 0.6 is 35.7 Å². The summed E-state index contributed by atoms with van der Waals surface area (Å²) in [5.41, 5.74) is 1.21. The summed E-state index contributed by atoms with van der Waals surface area (Å²) in [6.45, 7) is 10.8. The van der Waals surface area contributed by atoms with Crippen LogP contribution in [-0.2, 0) is 11.3 Å². The monoisotopic (exact) mass is 562 g/mol. The van der Waals surface area contributed by atoms with Crippen LogP contribution in [0.2, 0.25) is 0 Å². The average Bonchev–Trinajstić information content (AvgIpc) is 2.74. The lowest BCUT2D eigenvalue weighted by molar-refractivity contribution is 0.0392. The van der Waals surface area contributed by atoms with E-state index in [1.807, 2.05) is 24.9 Å². The van der Waals surface area contributed by atoms with E-state index in [9.17, 15) is 0 Å². The lowest BCUT2D eigenvalue weighted by Crippen LogP contribution is -2.50. The molecule has 6 nitrogen and oxygen atoms in total. The zero-order valence-corrected chi connectivity index (χ0v) is 22.6. The summed E-state index contributed by atoms with van der Waals surface area (Å²) in [7, 11) is 4.05. The number of rotatable bonds is 7. The Labute approximate surface area is 209 Å². The second-order valence-electron chi connectivity index (χ2n) is 8.75. The second kappa shape index (κ2) is 13.1. The molecule has 0 aliphatic carbocycles. The van der Waals surface area contributed by atoms with Crippen LogP contribution in [0.1, 0.15) is 32.3 Å². The van der Waals surface area contributed by atoms with Crippen molar-refractivity contribution >= 4 is 41.7 Å². The van der Waals surface area contributed by atoms with Gasteiger partial charge in [0, 0.05) is 63.0 Å². The molecule has 1 aromatic rings. The molecule has 0 bridgehead atoms. The minimum Gasteiger partial charge on any atom is -0.492 e. The molecule has 0 aromatic heterocycles. The first-order valence-corrected chi connectivity index (χ1v) is 12.0. The summed E-state index contributed by atoms with van der Waals surface area (Å²) in [6.07, 6.45) is 2.23. The number of halogens is 1. The molecule has 1 aromatic carbocycles. The Morgan fingerprint density at radius 2 is 2.13 bits per heavy atom. The van der Waals surface area contributed by atoms with Gasteiger partial charge >= 0.3 is 0 Å². The molecular weight excluding hydrogens is 523 g/mol. The highest BCUT2D eigenvalue weighted by Crippen LogP contribution is 2.29. The highest BCUT2D eigenvalue weighted by molar-refractivity contribution is 14.0. The van der Waals surface area contributed by atoms with Crippen LogP contribution in [-0.4, -0.2) is 85.9 Å². The summed E-state index contributed by atoms with van der Waals surface area (Å²) >= 11 is 2.04. The van der Waals surface area contributed by atoms with Gasteiger partial charge in [0.05, 0.1) is 0 Å². The molecule has 2 saturated heterocycles. The first-order valence-electron chi connectivity index (χ1n) is 11.1. The van der Waals surface area contributed by atoms with E-state index in [1.54, 1.807) is 0 Å². The molecule has 0 radical (unpaired) electrons. The van der Waals surface area contributed by atoms with Gasteiger partial charge in [-0.15, -0.1) is 24.0 Å². The van der Waals surface area contributed by atoms with Gasteiger partial charge in [-0.25, -0.2) is 0 Å². The van der Waals surface area contributed by atoms with Crippen molar-refractivity contribution in [2.45, 2.75) is 44.0 Å². The third-order valence-corrected chi connectivity index (χ3v) is 7.11. The number of hydrogen-bond donors (Lipinski definition) is 1. The van der Waals surface area contributed by atoms with Gasteiger partial charge in [-0.05, 0) is 51.4 Å². The van der Waals surface area contributed by atoms with Gasteiger partial charge in [0.15, 0.2) is 5.96 Å². The minimum absolute atomic E-state index is 0. The van der Waals surface area contributed by atoms with Crippen molar-refractivity contribution in [3.05, 3.63) is 29.8 Å². The predicted octanol–water partition coefficient (Wildman–Crippen LogP) is 3.70. The van der Waals surface area contributed by atoms with Gasteiger partial charge < -0.3 is 19.7 Å². The number of thioether (sulfide) groups is 1. The van der Waals surface area contributed by atoms with Crippen molar-refractivity contribution in [2.24, 2.45) is 4.99 Å². The lowest BCUT2D eigenvalue weighted by Gasteiger charge is -2.39. The van der Waals surface area contributed by atoms with Crippen molar-refractivity contribution in [3.8, 4) is 5.75 Å². The van der Waals surface area contributed by atoms with E-state index in [1.165, 1.54) is 5.56 Å². The quantitative estimate of drug-likeness (QED) is 0.311. The molecule has 0 amide bonds. The van der Waals surface area contributed by atoms with Gasteiger partial charge in [0.2, 0.25) is 0 Å². The molecule has 0 atom stereocenters. The number of nitrogens with one attached hydrogen (secondary N) is 1. The number of aliphatic imine (C=N–C) groups is 1. The molecule has 2 fully saturated rings. The van der Waals surface area contributed by atoms with Crippen LogP contribution in [0.25, 0.3) is 0 Å². The van der Waals surface area contributed by atoms with Crippen LogP contribution in [0.15, 0.2) is 29.3 Å². The fourth-order valence-corrected chi connectivity index (χ4v) is 5.18. The Kier molecular flexibility index (Phi) is 11.2. The molecule has 8 heteroatoms. The van der Waals surface area contributed by atoms with Crippen molar-refractivity contribution in [3.63, 3.8) is 0 Å². The van der Waals surface area contributed by atoms with Gasteiger partial charge in [0.1, 0.15) is 12.4 Å². The zero-order chi connectivity index (χ0) is 21.4. The Morgan fingerprint density at radius 1 is 1.35 bits per heavy atom. The Bertz CT molecular complexity index is 698. The standard InChI is InChI=1S/C23H38N4O2S.HI/c1-23(2)18-27(11-15-30-23)22(24-3)25-17-19-6-5-7-21(16-19)29-14-10-26(4)20-8-12-28-13-9-20;/h5-7,16,20H,8-15,17-18H2,1-4H3,(H,24,25);1H. The van der Waals surface area contributed by atoms with Crippen LogP contribution in [0.5, 0.6) is 5.75 Å². The van der Waals surface area contributed by atoms with E-state index >= 15 is 0 Å². The van der Waals surface area contributed by atoms with Gasteiger partial charge in [-0.2, -0.15) is 11.8 Å². The summed E-state index contributed by atoms with van der Waals surface area (Å²) in [6, 6.07) is 8.99. The SMILES string of the molecule is CN=C(NCc1cccc(OCCN(C)C2CCOCC2)c1)N1CCSC(C)(C)C1.I. The number of ether oxygens (including phenoxy) is 2. The van der Waals surface area contributed by atoms with E-state index in [0.717, 1.165) is 69.7 Å². The maximum Gasteiger partial charge on any atom is 0.193 e. The molecule has 3 rings (SSSR count). The lowest BCUT2D eigenvalue weighted by atomic mass is 10.1. The topological polar surface area (TPSA) is 49.3 Å². The normalized spacial score (nSPS) is 19.8. The number of guanidine groups is 1. The van der Waals surface area contributed by atoms with Crippen LogP contribution in [0.3, 0.4) is 0 Å². The molecule has 1 N–H and O–H groups in total. The number of likely N-dealkylation sites (N-methyl/N-ethyl adjacent to an activating group) is 1. The van der Waals surface area contributed by atoms with Crippen molar-refractivity contribution in [2.75, 3.05) is 59.3 Å². The fraction of sp³-hybridized carbons (Fsp3) is 0.696. The maximum absolute atomic E-state index is 6.04. The summed E-state index contributed by atoms with van der Waals surface area (Å²) in [4.78, 5) is 9.27. The van der Waals surface area contributed by atoms with E-state index in [4.69, 9.17) is 9.47 Å². The van der Waals surface area contributed by atoms with Gasteiger partial charge in [-0.3, -0.25) is 9.89 Å². The Morgan fingerprint density at radius 3 is 2.84 bits per heavy atom. The fourth-order valence-electron chi connectivity index (χ4n) is 4.07. The minimum atomic E-state index is 0. The number of benzene rings is 1. The molecule has 0 spiro atoms. The van der Waals surface area contributed by atoms with Crippen LogP contribution < -0.4 is 10.1 Å². The number of hydrogen-bond acceptors (Lipinski definition) is 5. The van der Waals surface area contributed by atoms with Crippen LogP contribution in [0.4, 0.5) is 0 Å². The van der Waals surface area contributed by atoms with E-state index in [-0.39, 0.29) is 28.7 Å². The first-order chi connectivity index (χ1) is 14.5. The van der Waals surface area contributed by atoms with E-state index in [0.29, 0.717) is 12.6 Å². The smallest absolute Gasteiger partial charge is 0.193 e. The van der Waals surface area contributed by atoms with E-state index in [2.05, 4.69) is 59.2 Å². The summed E-state index contributed by atoms with van der Waals surface area (Å²) in [5.74, 6) is 3.05. The summed E-state index contributed by atoms with van der Waals surface area (Å²) < 4.78 is 11.8. The molecular formula is C23H39IN4O2S. The second-order valence-corrected chi connectivity index (χ2v) is 10.6. The van der Waals surface area contributed by atoms with Crippen molar-refractivity contribution in [1.29, 1.82) is 0 Å². The third-order valence-electron chi connectivity index (χ3n) is 5.81. The molecule has 176 valence electrons. The molecule has 0 saturated carbocycles. The van der Waals surface area contributed by atoms with E-state index < -0.39 is 0 Å².